The predicted molar refractivity (Wildman–Crippen MR) is 113 cm³/mol. The van der Waals surface area contributed by atoms with Crippen molar-refractivity contribution in [3.05, 3.63) is 78.4 Å². The molecule has 3 aromatic rings. The highest BCUT2D eigenvalue weighted by Crippen LogP contribution is 2.39. The van der Waals surface area contributed by atoms with E-state index in [1.807, 2.05) is 30.3 Å². The van der Waals surface area contributed by atoms with Gasteiger partial charge in [-0.3, -0.25) is 4.31 Å². The first-order chi connectivity index (χ1) is 13.7. The molecule has 0 spiro atoms. The van der Waals surface area contributed by atoms with E-state index < -0.39 is 20.0 Å². The van der Waals surface area contributed by atoms with Gasteiger partial charge in [-0.15, -0.1) is 0 Å². The Bertz CT molecular complexity index is 1290. The number of fused-ring (bicyclic) bond motifs is 1. The molecule has 0 bridgehead atoms. The second kappa shape index (κ2) is 6.98. The Labute approximate surface area is 170 Å². The van der Waals surface area contributed by atoms with Gasteiger partial charge in [-0.05, 0) is 48.7 Å². The fourth-order valence-electron chi connectivity index (χ4n) is 3.78. The number of sulfonamides is 2. The molecule has 0 fully saturated rings. The van der Waals surface area contributed by atoms with E-state index in [9.17, 15) is 16.8 Å². The van der Waals surface area contributed by atoms with Crippen molar-refractivity contribution < 1.29 is 16.8 Å². The maximum absolute atomic E-state index is 13.7. The van der Waals surface area contributed by atoms with Gasteiger partial charge < -0.3 is 0 Å². The van der Waals surface area contributed by atoms with Crippen LogP contribution in [0.4, 0.5) is 5.69 Å². The molecule has 1 aliphatic rings. The molecule has 2 N–H and O–H groups in total. The second-order valence-electron chi connectivity index (χ2n) is 7.05. The summed E-state index contributed by atoms with van der Waals surface area (Å²) < 4.78 is 52.0. The van der Waals surface area contributed by atoms with E-state index in [-0.39, 0.29) is 15.8 Å². The van der Waals surface area contributed by atoms with Crippen molar-refractivity contribution in [3.63, 3.8) is 0 Å². The zero-order chi connectivity index (χ0) is 20.8. The minimum absolute atomic E-state index is 0.0209. The van der Waals surface area contributed by atoms with Crippen LogP contribution in [0.1, 0.15) is 12.5 Å². The highest BCUT2D eigenvalue weighted by molar-refractivity contribution is 7.93. The predicted octanol–water partition coefficient (Wildman–Crippen LogP) is 3.14. The molecule has 3 aromatic carbocycles. The lowest BCUT2D eigenvalue weighted by Crippen LogP contribution is -2.36. The number of primary sulfonamides is 1. The van der Waals surface area contributed by atoms with E-state index in [4.69, 9.17) is 5.14 Å². The van der Waals surface area contributed by atoms with Crippen molar-refractivity contribution in [2.75, 3.05) is 4.31 Å². The van der Waals surface area contributed by atoms with Crippen LogP contribution in [-0.2, 0) is 26.5 Å². The maximum Gasteiger partial charge on any atom is 0.265 e. The van der Waals surface area contributed by atoms with Crippen LogP contribution < -0.4 is 9.44 Å². The van der Waals surface area contributed by atoms with Crippen molar-refractivity contribution in [1.82, 2.24) is 0 Å². The van der Waals surface area contributed by atoms with E-state index in [2.05, 4.69) is 0 Å². The molecule has 8 heteroatoms. The van der Waals surface area contributed by atoms with Gasteiger partial charge in [0.05, 0.1) is 15.5 Å². The molecule has 0 aromatic heterocycles. The first-order valence-electron chi connectivity index (χ1n) is 9.04. The molecule has 0 amide bonds. The van der Waals surface area contributed by atoms with Gasteiger partial charge in [0.15, 0.2) is 0 Å². The summed E-state index contributed by atoms with van der Waals surface area (Å²) in [5, 5.41) is 5.22. The molecule has 1 atom stereocenters. The summed E-state index contributed by atoms with van der Waals surface area (Å²) in [5.74, 6) is 0. The van der Waals surface area contributed by atoms with Crippen molar-refractivity contribution in [1.29, 1.82) is 0 Å². The summed E-state index contributed by atoms with van der Waals surface area (Å²) in [5.41, 5.74) is 2.55. The number of nitrogens with two attached hydrogens (primary N) is 1. The summed E-state index contributed by atoms with van der Waals surface area (Å²) in [6, 6.07) is 20.2. The quantitative estimate of drug-likeness (QED) is 0.690. The summed E-state index contributed by atoms with van der Waals surface area (Å²) >= 11 is 0. The maximum atomic E-state index is 13.7. The molecule has 0 unspecified atom stereocenters. The van der Waals surface area contributed by atoms with E-state index >= 15 is 0 Å². The van der Waals surface area contributed by atoms with E-state index in [0.717, 1.165) is 5.56 Å². The first kappa shape index (κ1) is 19.6. The third kappa shape index (κ3) is 3.43. The minimum atomic E-state index is -3.88. The molecule has 0 radical (unpaired) electrons. The standard InChI is InChI=1S/C21H20N2O4S2/c1-15-13-17-14-18(28(22,24)25)11-12-20(17)23(15)29(26,27)21-10-6-5-9-19(21)16-7-3-2-4-8-16/h2-12,14-15H,13H2,1H3,(H2,22,24,25)/t15-/m0/s1. The lowest BCUT2D eigenvalue weighted by Gasteiger charge is -2.26. The van der Waals surface area contributed by atoms with E-state index in [1.54, 1.807) is 31.2 Å². The lowest BCUT2D eigenvalue weighted by atomic mass is 10.1. The lowest BCUT2D eigenvalue weighted by molar-refractivity contribution is 0.584. The number of hydrogen-bond donors (Lipinski definition) is 1. The zero-order valence-electron chi connectivity index (χ0n) is 15.7. The summed E-state index contributed by atoms with van der Waals surface area (Å²) in [6.45, 7) is 1.80. The summed E-state index contributed by atoms with van der Waals surface area (Å²) in [4.78, 5) is 0.189. The van der Waals surface area contributed by atoms with Gasteiger partial charge in [-0.25, -0.2) is 22.0 Å². The smallest absolute Gasteiger partial charge is 0.263 e. The molecular formula is C21H20N2O4S2. The van der Waals surface area contributed by atoms with Crippen LogP contribution >= 0.6 is 0 Å². The fourth-order valence-corrected chi connectivity index (χ4v) is 6.25. The highest BCUT2D eigenvalue weighted by atomic mass is 32.2. The molecule has 29 heavy (non-hydrogen) atoms. The Hall–Kier alpha value is -2.68. The third-order valence-corrected chi connectivity index (χ3v) is 7.94. The number of rotatable bonds is 4. The van der Waals surface area contributed by atoms with Gasteiger partial charge in [0.1, 0.15) is 0 Å². The van der Waals surface area contributed by atoms with E-state index in [0.29, 0.717) is 23.2 Å². The molecule has 150 valence electrons. The van der Waals surface area contributed by atoms with Crippen LogP contribution in [-0.4, -0.2) is 22.9 Å². The zero-order valence-corrected chi connectivity index (χ0v) is 17.3. The summed E-state index contributed by atoms with van der Waals surface area (Å²) in [7, 11) is -7.73. The molecule has 0 saturated heterocycles. The van der Waals surface area contributed by atoms with Crippen LogP contribution in [0.15, 0.2) is 82.6 Å². The molecule has 4 rings (SSSR count). The minimum Gasteiger partial charge on any atom is -0.263 e. The molecule has 0 saturated carbocycles. The number of anilines is 1. The molecular weight excluding hydrogens is 408 g/mol. The van der Waals surface area contributed by atoms with Crippen molar-refractivity contribution in [2.24, 2.45) is 5.14 Å². The molecule has 1 aliphatic heterocycles. The van der Waals surface area contributed by atoms with Gasteiger partial charge in [-0.2, -0.15) is 0 Å². The Morgan fingerprint density at radius 2 is 1.55 bits per heavy atom. The monoisotopic (exact) mass is 428 g/mol. The number of hydrogen-bond acceptors (Lipinski definition) is 4. The van der Waals surface area contributed by atoms with Crippen LogP contribution in [0.25, 0.3) is 11.1 Å². The van der Waals surface area contributed by atoms with Crippen molar-refractivity contribution >= 4 is 25.7 Å². The Morgan fingerprint density at radius 1 is 0.897 bits per heavy atom. The largest absolute Gasteiger partial charge is 0.265 e. The SMILES string of the molecule is C[C@H]1Cc2cc(S(N)(=O)=O)ccc2N1S(=O)(=O)c1ccccc1-c1ccccc1. The van der Waals surface area contributed by atoms with Crippen LogP contribution in [0.3, 0.4) is 0 Å². The van der Waals surface area contributed by atoms with Gasteiger partial charge in [-0.1, -0.05) is 48.5 Å². The Kier molecular flexibility index (Phi) is 4.72. The average Bonchev–Trinajstić information content (AvgIpc) is 3.03. The third-order valence-electron chi connectivity index (χ3n) is 5.04. The van der Waals surface area contributed by atoms with E-state index in [1.165, 1.54) is 22.5 Å². The Balaban J connectivity index is 1.85. The van der Waals surface area contributed by atoms with Gasteiger partial charge in [0, 0.05) is 11.6 Å². The topological polar surface area (TPSA) is 97.5 Å². The number of nitrogens with zero attached hydrogens (tertiary/aromatic N) is 1. The number of benzene rings is 3. The van der Waals surface area contributed by atoms with Crippen molar-refractivity contribution in [2.45, 2.75) is 29.2 Å². The Morgan fingerprint density at radius 3 is 2.24 bits per heavy atom. The van der Waals surface area contributed by atoms with Gasteiger partial charge in [0.25, 0.3) is 10.0 Å². The van der Waals surface area contributed by atoms with Crippen LogP contribution in [0.2, 0.25) is 0 Å². The van der Waals surface area contributed by atoms with Gasteiger partial charge in [0.2, 0.25) is 10.0 Å². The normalized spacial score (nSPS) is 16.6. The first-order valence-corrected chi connectivity index (χ1v) is 12.0. The second-order valence-corrected chi connectivity index (χ2v) is 10.4. The molecule has 0 aliphatic carbocycles. The average molecular weight is 429 g/mol. The van der Waals surface area contributed by atoms with Crippen molar-refractivity contribution in [3.8, 4) is 11.1 Å². The molecule has 6 nitrogen and oxygen atoms in total. The fraction of sp³-hybridized carbons (Fsp3) is 0.143. The van der Waals surface area contributed by atoms with Gasteiger partial charge >= 0.3 is 0 Å². The van der Waals surface area contributed by atoms with Crippen LogP contribution in [0, 0.1) is 0 Å². The summed E-state index contributed by atoms with van der Waals surface area (Å²) in [6.07, 6.45) is 0.408. The molecule has 1 heterocycles. The highest BCUT2D eigenvalue weighted by Gasteiger charge is 2.37. The van der Waals surface area contributed by atoms with Crippen LogP contribution in [0.5, 0.6) is 0 Å².